The molecule has 0 radical (unpaired) electrons. The lowest BCUT2D eigenvalue weighted by Crippen LogP contribution is -2.50. The molecule has 0 bridgehead atoms. The van der Waals surface area contributed by atoms with E-state index in [2.05, 4.69) is 19.2 Å². The lowest BCUT2D eigenvalue weighted by atomic mass is 10.1. The summed E-state index contributed by atoms with van der Waals surface area (Å²) in [7, 11) is 0. The molecule has 2 amide bonds. The van der Waals surface area contributed by atoms with E-state index in [-0.39, 0.29) is 12.1 Å². The maximum absolute atomic E-state index is 12.0. The van der Waals surface area contributed by atoms with Gasteiger partial charge >= 0.3 is 12.0 Å². The van der Waals surface area contributed by atoms with E-state index in [9.17, 15) is 9.59 Å². The molecular formula is C12H22N2O4. The van der Waals surface area contributed by atoms with Crippen molar-refractivity contribution in [2.45, 2.75) is 45.2 Å². The van der Waals surface area contributed by atoms with Gasteiger partial charge in [0.2, 0.25) is 0 Å². The molecule has 6 heteroatoms. The van der Waals surface area contributed by atoms with E-state index in [1.807, 2.05) is 0 Å². The average molecular weight is 258 g/mol. The number of nitrogens with zero attached hydrogens (tertiary/aromatic N) is 1. The number of aliphatic carboxylic acids is 1. The first-order valence-electron chi connectivity index (χ1n) is 6.36. The Morgan fingerprint density at radius 1 is 1.39 bits per heavy atom. The molecular weight excluding hydrogens is 236 g/mol. The number of aliphatic hydroxyl groups excluding tert-OH is 1. The van der Waals surface area contributed by atoms with Gasteiger partial charge in [-0.3, -0.25) is 0 Å². The summed E-state index contributed by atoms with van der Waals surface area (Å²) < 4.78 is 0. The van der Waals surface area contributed by atoms with Gasteiger partial charge in [0, 0.05) is 12.6 Å². The van der Waals surface area contributed by atoms with Crippen LogP contribution in [0, 0.1) is 5.92 Å². The van der Waals surface area contributed by atoms with Gasteiger partial charge in [0.05, 0.1) is 6.61 Å². The molecule has 0 aromatic rings. The van der Waals surface area contributed by atoms with E-state index < -0.39 is 18.6 Å². The number of aliphatic hydroxyl groups is 1. The quantitative estimate of drug-likeness (QED) is 0.625. The van der Waals surface area contributed by atoms with Crippen molar-refractivity contribution < 1.29 is 19.8 Å². The van der Waals surface area contributed by atoms with Crippen molar-refractivity contribution in [2.75, 3.05) is 13.2 Å². The van der Waals surface area contributed by atoms with Crippen LogP contribution in [0.15, 0.2) is 0 Å². The molecule has 0 heterocycles. The predicted octanol–water partition coefficient (Wildman–Crippen LogP) is 0.652. The first-order valence-corrected chi connectivity index (χ1v) is 6.36. The summed E-state index contributed by atoms with van der Waals surface area (Å²) >= 11 is 0. The van der Waals surface area contributed by atoms with Crippen LogP contribution >= 0.6 is 0 Å². The highest BCUT2D eigenvalue weighted by molar-refractivity contribution is 5.83. The highest BCUT2D eigenvalue weighted by Gasteiger charge is 2.33. The van der Waals surface area contributed by atoms with Crippen molar-refractivity contribution in [1.29, 1.82) is 0 Å². The molecule has 1 rings (SSSR count). The molecule has 0 saturated heterocycles. The van der Waals surface area contributed by atoms with Gasteiger partial charge in [-0.2, -0.15) is 0 Å². The van der Waals surface area contributed by atoms with Crippen LogP contribution < -0.4 is 5.32 Å². The summed E-state index contributed by atoms with van der Waals surface area (Å²) in [6, 6.07) is -1.38. The molecule has 0 spiro atoms. The SMILES string of the molecule is CC(C)CCN(C(=O)N[C@@H](CO)C(=O)O)C1CC1. The number of carbonyl (C=O) groups is 2. The molecule has 3 N–H and O–H groups in total. The van der Waals surface area contributed by atoms with Gasteiger partial charge < -0.3 is 20.4 Å². The fourth-order valence-corrected chi connectivity index (χ4v) is 1.65. The molecule has 1 atom stereocenters. The molecule has 0 aromatic carbocycles. The fraction of sp³-hybridized carbons (Fsp3) is 0.833. The van der Waals surface area contributed by atoms with Crippen LogP contribution in [-0.4, -0.2) is 52.3 Å². The number of carboxylic acids is 1. The molecule has 1 aliphatic rings. The summed E-state index contributed by atoms with van der Waals surface area (Å²) in [5, 5.41) is 20.0. The lowest BCUT2D eigenvalue weighted by Gasteiger charge is -2.25. The van der Waals surface area contributed by atoms with E-state index in [0.717, 1.165) is 19.3 Å². The Bertz CT molecular complexity index is 302. The third kappa shape index (κ3) is 4.52. The van der Waals surface area contributed by atoms with Crippen LogP contribution in [0.5, 0.6) is 0 Å². The van der Waals surface area contributed by atoms with Gasteiger partial charge in [-0.25, -0.2) is 9.59 Å². The largest absolute Gasteiger partial charge is 0.480 e. The second kappa shape index (κ2) is 6.58. The summed E-state index contributed by atoms with van der Waals surface area (Å²) in [4.78, 5) is 24.4. The van der Waals surface area contributed by atoms with Gasteiger partial charge in [-0.15, -0.1) is 0 Å². The number of nitrogens with one attached hydrogen (secondary N) is 1. The molecule has 104 valence electrons. The molecule has 18 heavy (non-hydrogen) atoms. The fourth-order valence-electron chi connectivity index (χ4n) is 1.65. The van der Waals surface area contributed by atoms with Crippen LogP contribution in [0.25, 0.3) is 0 Å². The molecule has 1 saturated carbocycles. The van der Waals surface area contributed by atoms with Crippen molar-refractivity contribution in [3.05, 3.63) is 0 Å². The number of carboxylic acid groups (broad SMARTS) is 1. The minimum Gasteiger partial charge on any atom is -0.480 e. The van der Waals surface area contributed by atoms with Crippen molar-refractivity contribution in [3.63, 3.8) is 0 Å². The third-order valence-electron chi connectivity index (χ3n) is 2.97. The number of rotatable bonds is 7. The Morgan fingerprint density at radius 2 is 2.00 bits per heavy atom. The van der Waals surface area contributed by atoms with E-state index >= 15 is 0 Å². The van der Waals surface area contributed by atoms with Gasteiger partial charge in [-0.1, -0.05) is 13.8 Å². The minimum absolute atomic E-state index is 0.233. The van der Waals surface area contributed by atoms with Crippen LogP contribution in [0.1, 0.15) is 33.1 Å². The molecule has 0 aromatic heterocycles. The van der Waals surface area contributed by atoms with E-state index in [1.54, 1.807) is 4.90 Å². The van der Waals surface area contributed by atoms with Crippen molar-refractivity contribution >= 4 is 12.0 Å². The average Bonchev–Trinajstić information content (AvgIpc) is 3.09. The molecule has 0 unspecified atom stereocenters. The molecule has 6 nitrogen and oxygen atoms in total. The van der Waals surface area contributed by atoms with Crippen LogP contribution in [-0.2, 0) is 4.79 Å². The zero-order valence-electron chi connectivity index (χ0n) is 10.9. The first-order chi connectivity index (χ1) is 8.45. The van der Waals surface area contributed by atoms with Crippen molar-refractivity contribution in [3.8, 4) is 0 Å². The van der Waals surface area contributed by atoms with Crippen molar-refractivity contribution in [2.24, 2.45) is 5.92 Å². The Kier molecular flexibility index (Phi) is 5.40. The van der Waals surface area contributed by atoms with E-state index in [0.29, 0.717) is 12.5 Å². The standard InChI is InChI=1S/C12H22N2O4/c1-8(2)5-6-14(9-3-4-9)12(18)13-10(7-15)11(16)17/h8-10,15H,3-7H2,1-2H3,(H,13,18)(H,16,17)/t10-/m0/s1. The molecule has 1 aliphatic carbocycles. The van der Waals surface area contributed by atoms with E-state index in [1.165, 1.54) is 0 Å². The number of amides is 2. The van der Waals surface area contributed by atoms with Gasteiger partial charge in [0.25, 0.3) is 0 Å². The zero-order valence-corrected chi connectivity index (χ0v) is 10.9. The Balaban J connectivity index is 2.51. The van der Waals surface area contributed by atoms with Gasteiger partial charge in [0.1, 0.15) is 0 Å². The third-order valence-corrected chi connectivity index (χ3v) is 2.97. The maximum atomic E-state index is 12.0. The number of hydrogen-bond donors (Lipinski definition) is 3. The summed E-state index contributed by atoms with van der Waals surface area (Å²) in [6.07, 6.45) is 2.84. The predicted molar refractivity (Wildman–Crippen MR) is 66.2 cm³/mol. The number of hydrogen-bond acceptors (Lipinski definition) is 3. The Morgan fingerprint density at radius 3 is 2.39 bits per heavy atom. The van der Waals surface area contributed by atoms with Gasteiger partial charge in [0.15, 0.2) is 6.04 Å². The summed E-state index contributed by atoms with van der Waals surface area (Å²) in [5.41, 5.74) is 0. The van der Waals surface area contributed by atoms with Gasteiger partial charge in [-0.05, 0) is 25.2 Å². The number of urea groups is 1. The van der Waals surface area contributed by atoms with Crippen molar-refractivity contribution in [1.82, 2.24) is 10.2 Å². The summed E-state index contributed by atoms with van der Waals surface area (Å²) in [5.74, 6) is -0.724. The second-order valence-electron chi connectivity index (χ2n) is 5.13. The smallest absolute Gasteiger partial charge is 0.328 e. The first kappa shape index (κ1) is 14.8. The number of carbonyl (C=O) groups excluding carboxylic acids is 1. The maximum Gasteiger partial charge on any atom is 0.328 e. The van der Waals surface area contributed by atoms with Crippen LogP contribution in [0.2, 0.25) is 0 Å². The highest BCUT2D eigenvalue weighted by Crippen LogP contribution is 2.27. The van der Waals surface area contributed by atoms with Crippen LogP contribution in [0.4, 0.5) is 4.79 Å². The van der Waals surface area contributed by atoms with E-state index in [4.69, 9.17) is 10.2 Å². The van der Waals surface area contributed by atoms with Crippen LogP contribution in [0.3, 0.4) is 0 Å². The Hall–Kier alpha value is -1.30. The monoisotopic (exact) mass is 258 g/mol. The Labute approximate surface area is 107 Å². The lowest BCUT2D eigenvalue weighted by molar-refractivity contribution is -0.140. The molecule has 1 fully saturated rings. The second-order valence-corrected chi connectivity index (χ2v) is 5.13. The minimum atomic E-state index is -1.22. The summed E-state index contributed by atoms with van der Waals surface area (Å²) in [6.45, 7) is 4.20. The molecule has 0 aliphatic heterocycles. The zero-order chi connectivity index (χ0) is 13.7. The topological polar surface area (TPSA) is 89.9 Å². The highest BCUT2D eigenvalue weighted by atomic mass is 16.4. The normalized spacial score (nSPS) is 16.4.